The molecule has 0 amide bonds. The topological polar surface area (TPSA) is 27.1 Å². The van der Waals surface area contributed by atoms with Gasteiger partial charge in [0.15, 0.2) is 0 Å². The predicted molar refractivity (Wildman–Crippen MR) is 63.2 cm³/mol. The average Bonchev–Trinajstić information content (AvgIpc) is 2.34. The molecule has 1 heterocycles. The maximum absolute atomic E-state index is 13.4. The molecule has 4 heteroatoms. The van der Waals surface area contributed by atoms with E-state index in [9.17, 15) is 8.78 Å². The van der Waals surface area contributed by atoms with Gasteiger partial charge in [-0.25, -0.2) is 8.78 Å². The van der Waals surface area contributed by atoms with Crippen LogP contribution in [0.25, 0.3) is 0 Å². The van der Waals surface area contributed by atoms with Crippen molar-refractivity contribution in [1.82, 2.24) is 4.90 Å². The maximum atomic E-state index is 13.4. The van der Waals surface area contributed by atoms with E-state index in [2.05, 4.69) is 0 Å². The van der Waals surface area contributed by atoms with Crippen LogP contribution in [0.5, 0.6) is 0 Å². The van der Waals surface area contributed by atoms with Gasteiger partial charge in [-0.3, -0.25) is 5.41 Å². The third-order valence-electron chi connectivity index (χ3n) is 3.11. The molecule has 2 nitrogen and oxygen atoms in total. The molecule has 0 aromatic heterocycles. The zero-order chi connectivity index (χ0) is 12.3. The molecule has 0 bridgehead atoms. The molecule has 1 fully saturated rings. The number of hydrogen-bond acceptors (Lipinski definition) is 1. The third-order valence-corrected chi connectivity index (χ3v) is 3.11. The van der Waals surface area contributed by atoms with E-state index in [-0.39, 0.29) is 6.42 Å². The lowest BCUT2D eigenvalue weighted by atomic mass is 10.1. The van der Waals surface area contributed by atoms with E-state index < -0.39 is 11.6 Å². The van der Waals surface area contributed by atoms with Crippen molar-refractivity contribution < 1.29 is 8.78 Å². The summed E-state index contributed by atoms with van der Waals surface area (Å²) in [6.45, 7) is 1.75. The number of halogens is 2. The van der Waals surface area contributed by atoms with Crippen molar-refractivity contribution in [3.8, 4) is 0 Å². The first kappa shape index (κ1) is 12.0. The SMILES string of the molecule is N=C(Cc1ccc(F)cc1F)N1CCCCC1. The summed E-state index contributed by atoms with van der Waals surface area (Å²) in [5.74, 6) is -0.710. The van der Waals surface area contributed by atoms with E-state index in [0.717, 1.165) is 32.0 Å². The molecule has 0 unspecified atom stereocenters. The Bertz CT molecular complexity index is 412. The van der Waals surface area contributed by atoms with Gasteiger partial charge in [0, 0.05) is 25.6 Å². The number of likely N-dealkylation sites (tertiary alicyclic amines) is 1. The van der Waals surface area contributed by atoms with Gasteiger partial charge in [-0.05, 0) is 30.9 Å². The van der Waals surface area contributed by atoms with Gasteiger partial charge in [0.1, 0.15) is 17.5 Å². The lowest BCUT2D eigenvalue weighted by Gasteiger charge is -2.29. The monoisotopic (exact) mass is 238 g/mol. The van der Waals surface area contributed by atoms with Crippen molar-refractivity contribution in [2.24, 2.45) is 0 Å². The summed E-state index contributed by atoms with van der Waals surface area (Å²) in [6, 6.07) is 3.53. The highest BCUT2D eigenvalue weighted by atomic mass is 19.1. The zero-order valence-corrected chi connectivity index (χ0v) is 9.68. The van der Waals surface area contributed by atoms with Crippen molar-refractivity contribution in [3.05, 3.63) is 35.4 Å². The number of benzene rings is 1. The number of hydrogen-bond donors (Lipinski definition) is 1. The van der Waals surface area contributed by atoms with E-state index >= 15 is 0 Å². The summed E-state index contributed by atoms with van der Waals surface area (Å²) >= 11 is 0. The molecule has 1 aromatic carbocycles. The highest BCUT2D eigenvalue weighted by Crippen LogP contribution is 2.14. The first-order chi connectivity index (χ1) is 8.16. The molecule has 0 saturated carbocycles. The first-order valence-corrected chi connectivity index (χ1v) is 5.93. The molecule has 1 aromatic rings. The van der Waals surface area contributed by atoms with E-state index in [4.69, 9.17) is 5.41 Å². The minimum absolute atomic E-state index is 0.242. The number of rotatable bonds is 2. The molecule has 0 spiro atoms. The van der Waals surface area contributed by atoms with Gasteiger partial charge < -0.3 is 4.90 Å². The average molecular weight is 238 g/mol. The maximum Gasteiger partial charge on any atom is 0.129 e. The van der Waals surface area contributed by atoms with Crippen LogP contribution in [0.15, 0.2) is 18.2 Å². The lowest BCUT2D eigenvalue weighted by molar-refractivity contribution is 0.336. The van der Waals surface area contributed by atoms with Gasteiger partial charge in [-0.1, -0.05) is 6.07 Å². The van der Waals surface area contributed by atoms with Crippen LogP contribution in [0, 0.1) is 17.0 Å². The Hall–Kier alpha value is -1.45. The normalized spacial score (nSPS) is 16.0. The Kier molecular flexibility index (Phi) is 3.71. The Morgan fingerprint density at radius 2 is 1.88 bits per heavy atom. The Labute approximate surface area is 99.8 Å². The molecule has 0 atom stereocenters. The second-order valence-corrected chi connectivity index (χ2v) is 4.41. The van der Waals surface area contributed by atoms with Crippen LogP contribution in [0.3, 0.4) is 0 Å². The second kappa shape index (κ2) is 5.25. The van der Waals surface area contributed by atoms with Crippen molar-refractivity contribution in [1.29, 1.82) is 5.41 Å². The number of nitrogens with zero attached hydrogens (tertiary/aromatic N) is 1. The second-order valence-electron chi connectivity index (χ2n) is 4.41. The quantitative estimate of drug-likeness (QED) is 0.622. The molecule has 17 heavy (non-hydrogen) atoms. The van der Waals surface area contributed by atoms with Crippen LogP contribution in [0.2, 0.25) is 0 Å². The van der Waals surface area contributed by atoms with Crippen LogP contribution < -0.4 is 0 Å². The smallest absolute Gasteiger partial charge is 0.129 e. The fourth-order valence-corrected chi connectivity index (χ4v) is 2.12. The van der Waals surface area contributed by atoms with Gasteiger partial charge in [0.05, 0.1) is 0 Å². The summed E-state index contributed by atoms with van der Waals surface area (Å²) in [5.41, 5.74) is 0.391. The highest BCUT2D eigenvalue weighted by molar-refractivity contribution is 5.81. The standard InChI is InChI=1S/C13H16F2N2/c14-11-5-4-10(12(15)9-11)8-13(16)17-6-2-1-3-7-17/h4-5,9,16H,1-3,6-8H2. The lowest BCUT2D eigenvalue weighted by Crippen LogP contribution is -2.36. The van der Waals surface area contributed by atoms with E-state index in [1.165, 1.54) is 18.6 Å². The summed E-state index contributed by atoms with van der Waals surface area (Å²) in [6.07, 6.45) is 3.63. The van der Waals surface area contributed by atoms with E-state index in [0.29, 0.717) is 11.4 Å². The minimum Gasteiger partial charge on any atom is -0.360 e. The minimum atomic E-state index is -0.573. The zero-order valence-electron chi connectivity index (χ0n) is 9.68. The molecule has 92 valence electrons. The number of nitrogens with one attached hydrogen (secondary N) is 1. The van der Waals surface area contributed by atoms with Crippen molar-refractivity contribution >= 4 is 5.84 Å². The van der Waals surface area contributed by atoms with Crippen molar-refractivity contribution in [3.63, 3.8) is 0 Å². The Balaban J connectivity index is 2.02. The molecule has 0 aliphatic carbocycles. The molecule has 0 radical (unpaired) electrons. The molecular weight excluding hydrogens is 222 g/mol. The van der Waals surface area contributed by atoms with Crippen LogP contribution in [-0.2, 0) is 6.42 Å². The van der Waals surface area contributed by atoms with Gasteiger partial charge in [-0.2, -0.15) is 0 Å². The summed E-state index contributed by atoms with van der Waals surface area (Å²) in [4.78, 5) is 1.98. The predicted octanol–water partition coefficient (Wildman–Crippen LogP) is 2.97. The largest absolute Gasteiger partial charge is 0.360 e. The highest BCUT2D eigenvalue weighted by Gasteiger charge is 2.15. The van der Waals surface area contributed by atoms with Crippen LogP contribution in [0.4, 0.5) is 8.78 Å². The van der Waals surface area contributed by atoms with E-state index in [1.54, 1.807) is 0 Å². The van der Waals surface area contributed by atoms with Crippen LogP contribution >= 0.6 is 0 Å². The molecule has 1 aliphatic rings. The number of piperidine rings is 1. The molecule has 1 N–H and O–H groups in total. The van der Waals surface area contributed by atoms with E-state index in [1.807, 2.05) is 4.90 Å². The summed E-state index contributed by atoms with van der Waals surface area (Å²) in [5, 5.41) is 7.94. The van der Waals surface area contributed by atoms with Crippen molar-refractivity contribution in [2.45, 2.75) is 25.7 Å². The Morgan fingerprint density at radius 3 is 2.53 bits per heavy atom. The molecule has 1 aliphatic heterocycles. The molecular formula is C13H16F2N2. The number of amidine groups is 1. The molecule has 1 saturated heterocycles. The first-order valence-electron chi connectivity index (χ1n) is 5.93. The summed E-state index contributed by atoms with van der Waals surface area (Å²) in [7, 11) is 0. The molecule has 2 rings (SSSR count). The van der Waals surface area contributed by atoms with Gasteiger partial charge >= 0.3 is 0 Å². The Morgan fingerprint density at radius 1 is 1.18 bits per heavy atom. The van der Waals surface area contributed by atoms with Crippen molar-refractivity contribution in [2.75, 3.05) is 13.1 Å². The van der Waals surface area contributed by atoms with Crippen LogP contribution in [0.1, 0.15) is 24.8 Å². The van der Waals surface area contributed by atoms with Gasteiger partial charge in [0.2, 0.25) is 0 Å². The van der Waals surface area contributed by atoms with Gasteiger partial charge in [-0.15, -0.1) is 0 Å². The van der Waals surface area contributed by atoms with Gasteiger partial charge in [0.25, 0.3) is 0 Å². The fraction of sp³-hybridized carbons (Fsp3) is 0.462. The summed E-state index contributed by atoms with van der Waals surface area (Å²) < 4.78 is 26.2. The third kappa shape index (κ3) is 3.02. The fourth-order valence-electron chi connectivity index (χ4n) is 2.12. The van der Waals surface area contributed by atoms with Crippen LogP contribution in [-0.4, -0.2) is 23.8 Å².